The Hall–Kier alpha value is -0.330. The second-order valence-electron chi connectivity index (χ2n) is 7.29. The lowest BCUT2D eigenvalue weighted by atomic mass is 9.83. The molecule has 0 radical (unpaired) electrons. The highest BCUT2D eigenvalue weighted by Crippen LogP contribution is 2.41. The maximum atomic E-state index is 12.2. The van der Waals surface area contributed by atoms with Crippen LogP contribution >= 0.6 is 0 Å². The van der Waals surface area contributed by atoms with Crippen molar-refractivity contribution in [3.05, 3.63) is 0 Å². The Balaban J connectivity index is 2.08. The molecular weight excluding hydrogens is 244 g/mol. The van der Waals surface area contributed by atoms with E-state index >= 15 is 0 Å². The van der Waals surface area contributed by atoms with Gasteiger partial charge in [-0.05, 0) is 43.9 Å². The van der Waals surface area contributed by atoms with E-state index in [-0.39, 0.29) is 0 Å². The average molecular weight is 280 g/mol. The van der Waals surface area contributed by atoms with E-state index in [1.165, 1.54) is 57.8 Å². The summed E-state index contributed by atoms with van der Waals surface area (Å²) in [5, 5.41) is 0. The van der Waals surface area contributed by atoms with Gasteiger partial charge in [0.25, 0.3) is 0 Å². The third-order valence-electron chi connectivity index (χ3n) is 5.37. The molecule has 0 N–H and O–H groups in total. The third kappa shape index (κ3) is 6.41. The zero-order valence-electron chi connectivity index (χ0n) is 14.2. The molecule has 1 atom stereocenters. The summed E-state index contributed by atoms with van der Waals surface area (Å²) < 4.78 is 0. The van der Waals surface area contributed by atoms with Gasteiger partial charge < -0.3 is 0 Å². The summed E-state index contributed by atoms with van der Waals surface area (Å²) in [6, 6.07) is 0. The van der Waals surface area contributed by atoms with Crippen LogP contribution in [0.2, 0.25) is 0 Å². The third-order valence-corrected chi connectivity index (χ3v) is 5.37. The van der Waals surface area contributed by atoms with E-state index in [1.807, 2.05) is 0 Å². The predicted octanol–water partition coefficient (Wildman–Crippen LogP) is 6.30. The molecule has 0 saturated heterocycles. The first-order chi connectivity index (χ1) is 9.61. The molecule has 1 aliphatic carbocycles. The largest absolute Gasteiger partial charge is 0.299 e. The van der Waals surface area contributed by atoms with Crippen LogP contribution in [0.3, 0.4) is 0 Å². The fourth-order valence-electron chi connectivity index (χ4n) is 3.75. The van der Waals surface area contributed by atoms with Gasteiger partial charge in [-0.1, -0.05) is 59.3 Å². The van der Waals surface area contributed by atoms with Gasteiger partial charge in [0, 0.05) is 12.3 Å². The van der Waals surface area contributed by atoms with Crippen LogP contribution in [0.25, 0.3) is 0 Å². The Morgan fingerprint density at radius 2 is 1.75 bits per heavy atom. The Bertz CT molecular complexity index is 263. The topological polar surface area (TPSA) is 17.1 Å². The van der Waals surface area contributed by atoms with Crippen molar-refractivity contribution >= 4 is 5.78 Å². The second-order valence-corrected chi connectivity index (χ2v) is 7.29. The number of rotatable bonds is 11. The quantitative estimate of drug-likeness (QED) is 0.406. The van der Waals surface area contributed by atoms with E-state index in [0.717, 1.165) is 25.7 Å². The first-order valence-corrected chi connectivity index (χ1v) is 9.14. The maximum Gasteiger partial charge on any atom is 0.135 e. The Morgan fingerprint density at radius 1 is 1.05 bits per heavy atom. The Kier molecular flexibility index (Phi) is 8.49. The highest BCUT2D eigenvalue weighted by molar-refractivity contribution is 5.80. The molecule has 0 bridgehead atoms. The van der Waals surface area contributed by atoms with Crippen molar-refractivity contribution < 1.29 is 4.79 Å². The van der Waals surface area contributed by atoms with Crippen LogP contribution in [0.15, 0.2) is 0 Å². The smallest absolute Gasteiger partial charge is 0.135 e. The molecule has 0 aliphatic heterocycles. The normalized spacial score (nSPS) is 19.1. The highest BCUT2D eigenvalue weighted by Gasteiger charge is 2.27. The van der Waals surface area contributed by atoms with Crippen LogP contribution in [-0.4, -0.2) is 5.78 Å². The van der Waals surface area contributed by atoms with Gasteiger partial charge in [0.2, 0.25) is 0 Å². The summed E-state index contributed by atoms with van der Waals surface area (Å²) in [4.78, 5) is 12.2. The van der Waals surface area contributed by atoms with Crippen LogP contribution in [0.4, 0.5) is 0 Å². The molecule has 0 aromatic heterocycles. The monoisotopic (exact) mass is 280 g/mol. The van der Waals surface area contributed by atoms with Crippen LogP contribution in [0.5, 0.6) is 0 Å². The van der Waals surface area contributed by atoms with E-state index in [0.29, 0.717) is 17.1 Å². The first-order valence-electron chi connectivity index (χ1n) is 9.14. The Morgan fingerprint density at radius 3 is 2.35 bits per heavy atom. The highest BCUT2D eigenvalue weighted by atomic mass is 16.1. The van der Waals surface area contributed by atoms with E-state index in [4.69, 9.17) is 0 Å². The van der Waals surface area contributed by atoms with Gasteiger partial charge in [-0.15, -0.1) is 0 Å². The van der Waals surface area contributed by atoms with Crippen molar-refractivity contribution in [3.8, 4) is 0 Å². The molecule has 1 aliphatic rings. The minimum Gasteiger partial charge on any atom is -0.299 e. The summed E-state index contributed by atoms with van der Waals surface area (Å²) in [7, 11) is 0. The van der Waals surface area contributed by atoms with Crippen molar-refractivity contribution in [1.82, 2.24) is 0 Å². The lowest BCUT2D eigenvalue weighted by Gasteiger charge is -2.23. The zero-order chi connectivity index (χ0) is 14.8. The van der Waals surface area contributed by atoms with Crippen molar-refractivity contribution in [2.75, 3.05) is 0 Å². The second kappa shape index (κ2) is 9.58. The van der Waals surface area contributed by atoms with Crippen molar-refractivity contribution in [2.24, 2.45) is 11.3 Å². The van der Waals surface area contributed by atoms with Gasteiger partial charge >= 0.3 is 0 Å². The molecule has 1 fully saturated rings. The summed E-state index contributed by atoms with van der Waals surface area (Å²) >= 11 is 0. The maximum absolute atomic E-state index is 12.2. The summed E-state index contributed by atoms with van der Waals surface area (Å²) in [6.45, 7) is 6.84. The summed E-state index contributed by atoms with van der Waals surface area (Å²) in [5.74, 6) is 0.885. The molecule has 118 valence electrons. The number of hydrogen-bond donors (Lipinski definition) is 0. The number of carbonyl (C=O) groups is 1. The molecule has 0 aromatic rings. The number of ketones is 1. The molecular formula is C19H36O. The van der Waals surface area contributed by atoms with Gasteiger partial charge in [-0.3, -0.25) is 4.79 Å². The molecule has 1 rings (SSSR count). The lowest BCUT2D eigenvalue weighted by molar-refractivity contribution is -0.123. The van der Waals surface area contributed by atoms with Gasteiger partial charge in [0.1, 0.15) is 5.78 Å². The number of unbranched alkanes of at least 4 members (excludes halogenated alkanes) is 3. The molecule has 1 unspecified atom stereocenters. The SMILES string of the molecule is CCCCC(CC)C(=O)CCCCCC1(C)CCCC1. The average Bonchev–Trinajstić information content (AvgIpc) is 2.86. The minimum absolute atomic E-state index is 0.349. The van der Waals surface area contributed by atoms with E-state index in [2.05, 4.69) is 20.8 Å². The molecule has 0 spiro atoms. The Labute approximate surface area is 126 Å². The van der Waals surface area contributed by atoms with Crippen LogP contribution in [-0.2, 0) is 4.79 Å². The molecule has 0 amide bonds. The van der Waals surface area contributed by atoms with Crippen LogP contribution in [0, 0.1) is 11.3 Å². The predicted molar refractivity (Wildman–Crippen MR) is 88.0 cm³/mol. The molecule has 1 saturated carbocycles. The molecule has 1 heteroatoms. The van der Waals surface area contributed by atoms with Crippen molar-refractivity contribution in [1.29, 1.82) is 0 Å². The lowest BCUT2D eigenvalue weighted by Crippen LogP contribution is -2.14. The van der Waals surface area contributed by atoms with Crippen molar-refractivity contribution in [2.45, 2.75) is 104 Å². The molecule has 0 heterocycles. The number of hydrogen-bond acceptors (Lipinski definition) is 1. The van der Waals surface area contributed by atoms with Gasteiger partial charge in [-0.2, -0.15) is 0 Å². The molecule has 20 heavy (non-hydrogen) atoms. The summed E-state index contributed by atoms with van der Waals surface area (Å²) in [6.07, 6.45) is 16.2. The molecule has 0 aromatic carbocycles. The number of Topliss-reactive ketones (excluding diaryl/α,β-unsaturated/α-hetero) is 1. The zero-order valence-corrected chi connectivity index (χ0v) is 14.2. The van der Waals surface area contributed by atoms with E-state index in [1.54, 1.807) is 0 Å². The van der Waals surface area contributed by atoms with E-state index < -0.39 is 0 Å². The van der Waals surface area contributed by atoms with E-state index in [9.17, 15) is 4.79 Å². The first kappa shape index (κ1) is 17.7. The summed E-state index contributed by atoms with van der Waals surface area (Å²) in [5.41, 5.74) is 0.636. The molecule has 1 nitrogen and oxygen atoms in total. The fraction of sp³-hybridized carbons (Fsp3) is 0.947. The van der Waals surface area contributed by atoms with Crippen molar-refractivity contribution in [3.63, 3.8) is 0 Å². The number of carbonyl (C=O) groups excluding carboxylic acids is 1. The van der Waals surface area contributed by atoms with Crippen LogP contribution in [0.1, 0.15) is 104 Å². The van der Waals surface area contributed by atoms with Gasteiger partial charge in [-0.25, -0.2) is 0 Å². The van der Waals surface area contributed by atoms with Gasteiger partial charge in [0.05, 0.1) is 0 Å². The van der Waals surface area contributed by atoms with Crippen LogP contribution < -0.4 is 0 Å². The minimum atomic E-state index is 0.349. The fourth-order valence-corrected chi connectivity index (χ4v) is 3.75. The van der Waals surface area contributed by atoms with Gasteiger partial charge in [0.15, 0.2) is 0 Å². The standard InChI is InChI=1S/C19H36O/c1-4-6-12-17(5-2)18(20)13-8-7-9-14-19(3)15-10-11-16-19/h17H,4-16H2,1-3H3.